The van der Waals surface area contributed by atoms with E-state index in [4.69, 9.17) is 5.11 Å². The average Bonchev–Trinajstić information content (AvgIpc) is 2.43. The van der Waals surface area contributed by atoms with Gasteiger partial charge in [0.25, 0.3) is 0 Å². The second-order valence-corrected chi connectivity index (χ2v) is 5.28. The third-order valence-electron chi connectivity index (χ3n) is 2.68. The first-order chi connectivity index (χ1) is 9.54. The lowest BCUT2D eigenvalue weighted by molar-refractivity contribution is -0.139. The Balaban J connectivity index is 2.53. The number of nitrogens with zero attached hydrogens (tertiary/aromatic N) is 2. The number of carboxylic acid groups (broad SMARTS) is 1. The summed E-state index contributed by atoms with van der Waals surface area (Å²) in [5.74, 6) is -0.333. The summed E-state index contributed by atoms with van der Waals surface area (Å²) in [7, 11) is 1.61. The van der Waals surface area contributed by atoms with Crippen LogP contribution in [0.5, 0.6) is 0 Å². The Labute approximate surface area is 122 Å². The van der Waals surface area contributed by atoms with Crippen LogP contribution in [0.4, 0.5) is 4.79 Å². The van der Waals surface area contributed by atoms with Crippen LogP contribution in [0.25, 0.3) is 0 Å². The van der Waals surface area contributed by atoms with E-state index in [0.717, 1.165) is 5.69 Å². The first-order valence-corrected chi connectivity index (χ1v) is 7.57. The number of urea groups is 1. The molecule has 1 atom stereocenters. The maximum Gasteiger partial charge on any atom is 0.326 e. The van der Waals surface area contributed by atoms with Gasteiger partial charge in [-0.3, -0.25) is 4.98 Å². The van der Waals surface area contributed by atoms with E-state index in [9.17, 15) is 9.59 Å². The van der Waals surface area contributed by atoms with Crippen molar-refractivity contribution in [1.82, 2.24) is 15.2 Å². The predicted molar refractivity (Wildman–Crippen MR) is 78.7 cm³/mol. The van der Waals surface area contributed by atoms with Gasteiger partial charge in [-0.2, -0.15) is 11.8 Å². The van der Waals surface area contributed by atoms with Gasteiger partial charge >= 0.3 is 12.0 Å². The number of hydrogen-bond donors (Lipinski definition) is 2. The zero-order chi connectivity index (χ0) is 15.0. The molecule has 1 heterocycles. The Morgan fingerprint density at radius 3 is 2.80 bits per heavy atom. The van der Waals surface area contributed by atoms with Gasteiger partial charge in [0.15, 0.2) is 0 Å². The van der Waals surface area contributed by atoms with Crippen molar-refractivity contribution in [1.29, 1.82) is 0 Å². The molecule has 1 aromatic rings. The summed E-state index contributed by atoms with van der Waals surface area (Å²) < 4.78 is 0. The number of nitrogens with one attached hydrogen (secondary N) is 1. The fourth-order valence-electron chi connectivity index (χ4n) is 1.56. The van der Waals surface area contributed by atoms with E-state index < -0.39 is 18.0 Å². The van der Waals surface area contributed by atoms with Gasteiger partial charge in [-0.05, 0) is 30.6 Å². The first-order valence-electron chi connectivity index (χ1n) is 6.18. The van der Waals surface area contributed by atoms with Crippen LogP contribution in [0.1, 0.15) is 12.1 Å². The van der Waals surface area contributed by atoms with Crippen molar-refractivity contribution in [2.45, 2.75) is 19.0 Å². The Morgan fingerprint density at radius 2 is 2.25 bits per heavy atom. The molecule has 1 aromatic heterocycles. The SMILES string of the molecule is CSCC[C@H](NC(=O)N(C)Cc1ccccn1)C(=O)O. The lowest BCUT2D eigenvalue weighted by Gasteiger charge is -2.21. The zero-order valence-corrected chi connectivity index (χ0v) is 12.4. The second kappa shape index (κ2) is 8.42. The van der Waals surface area contributed by atoms with Crippen molar-refractivity contribution in [3.05, 3.63) is 30.1 Å². The quantitative estimate of drug-likeness (QED) is 0.795. The second-order valence-electron chi connectivity index (χ2n) is 4.30. The summed E-state index contributed by atoms with van der Waals surface area (Å²) in [6.07, 6.45) is 3.95. The number of thioether (sulfide) groups is 1. The molecular formula is C13H19N3O3S. The summed E-state index contributed by atoms with van der Waals surface area (Å²) in [6, 6.07) is 4.18. The molecule has 6 nitrogen and oxygen atoms in total. The summed E-state index contributed by atoms with van der Waals surface area (Å²) in [6.45, 7) is 0.335. The third-order valence-corrected chi connectivity index (χ3v) is 3.32. The molecule has 0 fully saturated rings. The van der Waals surface area contributed by atoms with Gasteiger partial charge < -0.3 is 15.3 Å². The third kappa shape index (κ3) is 5.48. The highest BCUT2D eigenvalue weighted by atomic mass is 32.2. The van der Waals surface area contributed by atoms with Crippen molar-refractivity contribution < 1.29 is 14.7 Å². The van der Waals surface area contributed by atoms with E-state index in [1.165, 1.54) is 4.90 Å². The van der Waals surface area contributed by atoms with Crippen LogP contribution in [-0.4, -0.2) is 52.1 Å². The van der Waals surface area contributed by atoms with Crippen molar-refractivity contribution in [2.24, 2.45) is 0 Å². The number of amides is 2. The van der Waals surface area contributed by atoms with E-state index in [1.807, 2.05) is 18.4 Å². The van der Waals surface area contributed by atoms with E-state index in [2.05, 4.69) is 10.3 Å². The number of rotatable bonds is 7. The number of carboxylic acids is 1. The average molecular weight is 297 g/mol. The number of hydrogen-bond acceptors (Lipinski definition) is 4. The molecule has 0 aromatic carbocycles. The summed E-state index contributed by atoms with van der Waals surface area (Å²) >= 11 is 1.55. The number of pyridine rings is 1. The summed E-state index contributed by atoms with van der Waals surface area (Å²) in [5.41, 5.74) is 0.751. The highest BCUT2D eigenvalue weighted by Crippen LogP contribution is 2.03. The van der Waals surface area contributed by atoms with Crippen LogP contribution in [0.3, 0.4) is 0 Å². The molecule has 0 spiro atoms. The van der Waals surface area contributed by atoms with Crippen molar-refractivity contribution in [3.63, 3.8) is 0 Å². The van der Waals surface area contributed by atoms with Gasteiger partial charge in [-0.1, -0.05) is 6.07 Å². The minimum Gasteiger partial charge on any atom is -0.480 e. The van der Waals surface area contributed by atoms with E-state index in [1.54, 1.807) is 31.1 Å². The van der Waals surface area contributed by atoms with Crippen molar-refractivity contribution in [2.75, 3.05) is 19.1 Å². The molecule has 2 amide bonds. The minimum absolute atomic E-state index is 0.335. The molecule has 0 saturated heterocycles. The molecule has 0 aliphatic heterocycles. The number of carbonyl (C=O) groups is 2. The molecule has 7 heteroatoms. The van der Waals surface area contributed by atoms with Crippen molar-refractivity contribution >= 4 is 23.8 Å². The molecule has 20 heavy (non-hydrogen) atoms. The maximum absolute atomic E-state index is 11.9. The van der Waals surface area contributed by atoms with Gasteiger partial charge in [0.2, 0.25) is 0 Å². The maximum atomic E-state index is 11.9. The van der Waals surface area contributed by atoms with Crippen LogP contribution in [-0.2, 0) is 11.3 Å². The summed E-state index contributed by atoms with van der Waals surface area (Å²) in [4.78, 5) is 28.5. The Morgan fingerprint density at radius 1 is 1.50 bits per heavy atom. The molecule has 0 aliphatic carbocycles. The van der Waals surface area contributed by atoms with Crippen molar-refractivity contribution in [3.8, 4) is 0 Å². The normalized spacial score (nSPS) is 11.7. The Hall–Kier alpha value is -1.76. The largest absolute Gasteiger partial charge is 0.480 e. The van der Waals surface area contributed by atoms with Gasteiger partial charge in [0, 0.05) is 13.2 Å². The molecule has 1 rings (SSSR count). The van der Waals surface area contributed by atoms with Crippen LogP contribution < -0.4 is 5.32 Å². The fourth-order valence-corrected chi connectivity index (χ4v) is 2.03. The van der Waals surface area contributed by atoms with E-state index in [-0.39, 0.29) is 0 Å². The molecule has 2 N–H and O–H groups in total. The van der Waals surface area contributed by atoms with E-state index >= 15 is 0 Å². The lowest BCUT2D eigenvalue weighted by atomic mass is 10.2. The number of aliphatic carboxylic acids is 1. The lowest BCUT2D eigenvalue weighted by Crippen LogP contribution is -2.46. The fraction of sp³-hybridized carbons (Fsp3) is 0.462. The smallest absolute Gasteiger partial charge is 0.326 e. The Kier molecular flexibility index (Phi) is 6.86. The Bertz CT molecular complexity index is 442. The van der Waals surface area contributed by atoms with Crippen LogP contribution in [0, 0.1) is 0 Å². The highest BCUT2D eigenvalue weighted by molar-refractivity contribution is 7.98. The molecular weight excluding hydrogens is 278 g/mol. The molecule has 0 saturated carbocycles. The minimum atomic E-state index is -1.02. The number of carbonyl (C=O) groups excluding carboxylic acids is 1. The van der Waals surface area contributed by atoms with E-state index in [0.29, 0.717) is 18.7 Å². The monoisotopic (exact) mass is 297 g/mol. The zero-order valence-electron chi connectivity index (χ0n) is 11.6. The van der Waals surface area contributed by atoms with Gasteiger partial charge in [0.1, 0.15) is 6.04 Å². The number of aromatic nitrogens is 1. The van der Waals surface area contributed by atoms with Crippen LogP contribution >= 0.6 is 11.8 Å². The topological polar surface area (TPSA) is 82.5 Å². The first kappa shape index (κ1) is 16.3. The summed E-state index contributed by atoms with van der Waals surface area (Å²) in [5, 5.41) is 11.6. The highest BCUT2D eigenvalue weighted by Gasteiger charge is 2.21. The molecule has 0 radical (unpaired) electrons. The molecule has 0 aliphatic rings. The van der Waals surface area contributed by atoms with Crippen LogP contribution in [0.2, 0.25) is 0 Å². The standard InChI is InChI=1S/C13H19N3O3S/c1-16(9-10-5-3-4-7-14-10)13(19)15-11(12(17)18)6-8-20-2/h3-5,7,11H,6,8-9H2,1-2H3,(H,15,19)(H,17,18)/t11-/m0/s1. The van der Waals surface area contributed by atoms with Gasteiger partial charge in [-0.15, -0.1) is 0 Å². The molecule has 110 valence electrons. The predicted octanol–water partition coefficient (Wildman–Crippen LogP) is 1.43. The van der Waals surface area contributed by atoms with Crippen LogP contribution in [0.15, 0.2) is 24.4 Å². The molecule has 0 bridgehead atoms. The molecule has 0 unspecified atom stereocenters. The van der Waals surface area contributed by atoms with Gasteiger partial charge in [-0.25, -0.2) is 9.59 Å². The van der Waals surface area contributed by atoms with Gasteiger partial charge in [0.05, 0.1) is 12.2 Å².